The van der Waals surface area contributed by atoms with Crippen molar-refractivity contribution in [3.05, 3.63) is 68.5 Å². The normalized spacial score (nSPS) is 13.9. The minimum absolute atomic E-state index is 0.0560. The molecule has 4 heterocycles. The van der Waals surface area contributed by atoms with Crippen LogP contribution in [0.15, 0.2) is 41.5 Å². The maximum atomic E-state index is 13.5. The van der Waals surface area contributed by atoms with Crippen LogP contribution >= 0.6 is 0 Å². The van der Waals surface area contributed by atoms with E-state index in [-0.39, 0.29) is 29.9 Å². The number of nitro groups is 1. The Hall–Kier alpha value is -4.72. The lowest BCUT2D eigenvalue weighted by molar-refractivity contribution is -0.393. The highest BCUT2D eigenvalue weighted by atomic mass is 16.6. The van der Waals surface area contributed by atoms with Gasteiger partial charge in [0.25, 0.3) is 0 Å². The lowest BCUT2D eigenvalue weighted by Crippen LogP contribution is -2.29. The number of rotatable bonds is 7. The number of hydrogen-bond acceptors (Lipinski definition) is 9. The lowest BCUT2D eigenvalue weighted by atomic mass is 10.1. The number of aryl methyl sites for hydroxylation is 1. The Bertz CT molecular complexity index is 1550. The largest absolute Gasteiger partial charge is 0.497 e. The lowest BCUT2D eigenvalue weighted by Gasteiger charge is -2.25. The molecule has 0 unspecified atom stereocenters. The van der Waals surface area contributed by atoms with Crippen LogP contribution < -0.4 is 15.3 Å². The number of anilines is 2. The molecular weight excluding hydrogens is 498 g/mol. The van der Waals surface area contributed by atoms with Gasteiger partial charge in [-0.25, -0.2) is 24.5 Å². The van der Waals surface area contributed by atoms with Gasteiger partial charge in [0.2, 0.25) is 0 Å². The summed E-state index contributed by atoms with van der Waals surface area (Å²) >= 11 is 0. The van der Waals surface area contributed by atoms with Crippen LogP contribution in [-0.4, -0.2) is 55.8 Å². The molecule has 0 aliphatic carbocycles. The minimum Gasteiger partial charge on any atom is -0.497 e. The van der Waals surface area contributed by atoms with Crippen LogP contribution in [0.25, 0.3) is 11.0 Å². The predicted octanol–water partition coefficient (Wildman–Crippen LogP) is 3.50. The quantitative estimate of drug-likeness (QED) is 0.272. The molecule has 0 radical (unpaired) electrons. The Balaban J connectivity index is 1.54. The molecule has 5 rings (SSSR count). The fourth-order valence-electron chi connectivity index (χ4n) is 4.48. The van der Waals surface area contributed by atoms with E-state index >= 15 is 0 Å². The maximum Gasteiger partial charge on any atom is 0.432 e. The number of nitrogens with one attached hydrogen (secondary N) is 2. The number of H-pyrrole nitrogens is 2. The number of aromatic nitrogens is 5. The summed E-state index contributed by atoms with van der Waals surface area (Å²) in [5, 5.41) is 10.9. The number of carbonyl (C=O) groups excluding carboxylic acids is 1. The molecule has 1 aliphatic heterocycles. The number of imidazole rings is 2. The van der Waals surface area contributed by atoms with Gasteiger partial charge in [-0.3, -0.25) is 4.57 Å². The van der Waals surface area contributed by atoms with Crippen molar-refractivity contribution in [1.29, 1.82) is 0 Å². The Morgan fingerprint density at radius 3 is 2.71 bits per heavy atom. The molecule has 198 valence electrons. The molecule has 1 saturated heterocycles. The van der Waals surface area contributed by atoms with Crippen molar-refractivity contribution in [3.63, 3.8) is 0 Å². The first kappa shape index (κ1) is 25.0. The van der Waals surface area contributed by atoms with E-state index in [4.69, 9.17) is 14.2 Å². The summed E-state index contributed by atoms with van der Waals surface area (Å²) in [5.74, 6) is 0.377. The Morgan fingerprint density at radius 1 is 1.24 bits per heavy atom. The van der Waals surface area contributed by atoms with E-state index in [0.29, 0.717) is 54.1 Å². The van der Waals surface area contributed by atoms with Crippen LogP contribution in [0.3, 0.4) is 0 Å². The Kier molecular flexibility index (Phi) is 6.79. The van der Waals surface area contributed by atoms with Gasteiger partial charge >= 0.3 is 17.7 Å². The molecule has 2 N–H and O–H groups in total. The molecule has 1 amide bonds. The Morgan fingerprint density at radius 2 is 2.03 bits per heavy atom. The second-order valence-electron chi connectivity index (χ2n) is 8.73. The third kappa shape index (κ3) is 4.80. The molecule has 0 saturated carbocycles. The average molecular weight is 524 g/mol. The smallest absolute Gasteiger partial charge is 0.432 e. The van der Waals surface area contributed by atoms with Crippen molar-refractivity contribution >= 4 is 34.6 Å². The summed E-state index contributed by atoms with van der Waals surface area (Å²) in [7, 11) is 1.54. The van der Waals surface area contributed by atoms with Gasteiger partial charge in [0, 0.05) is 25.3 Å². The van der Waals surface area contributed by atoms with Crippen molar-refractivity contribution in [3.8, 4) is 5.75 Å². The molecular formula is C24H25N7O7. The van der Waals surface area contributed by atoms with E-state index in [1.54, 1.807) is 35.9 Å². The molecule has 0 spiro atoms. The monoisotopic (exact) mass is 523 g/mol. The van der Waals surface area contributed by atoms with Gasteiger partial charge < -0.3 is 29.3 Å². The fraction of sp³-hybridized carbons (Fsp3) is 0.333. The summed E-state index contributed by atoms with van der Waals surface area (Å²) in [6.07, 6.45) is 3.32. The number of amides is 1. The van der Waals surface area contributed by atoms with Gasteiger partial charge in [-0.15, -0.1) is 0 Å². The highest BCUT2D eigenvalue weighted by Gasteiger charge is 2.26. The highest BCUT2D eigenvalue weighted by molar-refractivity contribution is 5.97. The van der Waals surface area contributed by atoms with E-state index in [9.17, 15) is 19.7 Å². The molecule has 0 atom stereocenters. The van der Waals surface area contributed by atoms with E-state index in [1.165, 1.54) is 17.3 Å². The van der Waals surface area contributed by atoms with E-state index in [2.05, 4.69) is 19.9 Å². The Labute approximate surface area is 215 Å². The van der Waals surface area contributed by atoms with Gasteiger partial charge in [-0.1, -0.05) is 4.98 Å². The van der Waals surface area contributed by atoms with Crippen molar-refractivity contribution in [2.75, 3.05) is 25.2 Å². The van der Waals surface area contributed by atoms with Crippen LogP contribution in [0.5, 0.6) is 5.75 Å². The third-order valence-electron chi connectivity index (χ3n) is 6.34. The first-order valence-corrected chi connectivity index (χ1v) is 11.8. The van der Waals surface area contributed by atoms with Gasteiger partial charge in [-0.2, -0.15) is 0 Å². The van der Waals surface area contributed by atoms with E-state index < -0.39 is 17.0 Å². The average Bonchev–Trinajstić information content (AvgIpc) is 3.53. The molecule has 14 nitrogen and oxygen atoms in total. The predicted molar refractivity (Wildman–Crippen MR) is 135 cm³/mol. The number of aromatic amines is 2. The molecule has 3 aromatic heterocycles. The first-order chi connectivity index (χ1) is 18.4. The molecule has 14 heteroatoms. The number of hydrogen-bond donors (Lipinski definition) is 2. The van der Waals surface area contributed by atoms with Crippen LogP contribution in [0.1, 0.15) is 30.1 Å². The zero-order chi connectivity index (χ0) is 26.8. The number of ether oxygens (including phenoxy) is 3. The molecule has 1 aromatic carbocycles. The number of methoxy groups -OCH3 is 1. The zero-order valence-electron chi connectivity index (χ0n) is 20.7. The zero-order valence-corrected chi connectivity index (χ0v) is 20.7. The first-order valence-electron chi connectivity index (χ1n) is 11.8. The van der Waals surface area contributed by atoms with E-state index in [0.717, 1.165) is 0 Å². The van der Waals surface area contributed by atoms with Crippen LogP contribution in [-0.2, 0) is 16.1 Å². The summed E-state index contributed by atoms with van der Waals surface area (Å²) < 4.78 is 17.9. The third-order valence-corrected chi connectivity index (χ3v) is 6.34. The van der Waals surface area contributed by atoms with Crippen LogP contribution in [0.2, 0.25) is 0 Å². The molecule has 1 aliphatic rings. The van der Waals surface area contributed by atoms with Gasteiger partial charge in [0.1, 0.15) is 23.5 Å². The van der Waals surface area contributed by atoms with E-state index in [1.807, 2.05) is 6.92 Å². The minimum atomic E-state index is -0.780. The van der Waals surface area contributed by atoms with Crippen LogP contribution in [0.4, 0.5) is 22.2 Å². The number of benzene rings is 1. The second-order valence-corrected chi connectivity index (χ2v) is 8.73. The van der Waals surface area contributed by atoms with Crippen molar-refractivity contribution in [1.82, 2.24) is 24.5 Å². The molecule has 1 fully saturated rings. The standard InChI is InChI=1S/C24H25N7O7/c1-14-9-17(36-2)3-4-19(14)30(24(33)38-13-15-11-26-22(27-15)31(34)35)21-10-20-18(12-25-21)28-23(32)29(20)16-5-7-37-8-6-16/h3-4,9-12,16H,5-8,13H2,1-2H3,(H,26,27)(H,28,32). The topological polar surface area (TPSA) is 170 Å². The molecule has 0 bridgehead atoms. The molecule has 4 aromatic rings. The molecule has 38 heavy (non-hydrogen) atoms. The van der Waals surface area contributed by atoms with Gasteiger partial charge in [0.05, 0.1) is 30.0 Å². The van der Waals surface area contributed by atoms with Crippen LogP contribution in [0, 0.1) is 17.0 Å². The van der Waals surface area contributed by atoms with Crippen molar-refractivity contribution in [2.24, 2.45) is 0 Å². The second kappa shape index (κ2) is 10.3. The fourth-order valence-corrected chi connectivity index (χ4v) is 4.48. The van der Waals surface area contributed by atoms with Crippen molar-refractivity contribution in [2.45, 2.75) is 32.4 Å². The number of nitrogens with zero attached hydrogens (tertiary/aromatic N) is 5. The number of pyridine rings is 1. The summed E-state index contributed by atoms with van der Waals surface area (Å²) in [6.45, 7) is 2.63. The highest BCUT2D eigenvalue weighted by Crippen LogP contribution is 2.33. The van der Waals surface area contributed by atoms with Gasteiger partial charge in [0.15, 0.2) is 6.61 Å². The van der Waals surface area contributed by atoms with Gasteiger partial charge in [-0.05, 0) is 48.5 Å². The number of fused-ring (bicyclic) bond motifs is 1. The maximum absolute atomic E-state index is 13.5. The summed E-state index contributed by atoms with van der Waals surface area (Å²) in [4.78, 5) is 51.2. The van der Waals surface area contributed by atoms with Crippen molar-refractivity contribution < 1.29 is 23.9 Å². The SMILES string of the molecule is COc1ccc(N(C(=O)OCc2cnc([N+](=O)[O-])[nH]2)c2cc3c(cn2)[nH]c(=O)n3C2CCOCC2)c(C)c1. The number of carbonyl (C=O) groups is 1. The summed E-state index contributed by atoms with van der Waals surface area (Å²) in [5.41, 5.74) is 2.31. The summed E-state index contributed by atoms with van der Waals surface area (Å²) in [6, 6.07) is 6.77.